The van der Waals surface area contributed by atoms with Gasteiger partial charge >= 0.3 is 5.97 Å². The quantitative estimate of drug-likeness (QED) is 0.770. The number of phenolic OH excluding ortho intramolecular Hbond substituents is 1. The molecule has 1 aromatic carbocycles. The first kappa shape index (κ1) is 13.3. The van der Waals surface area contributed by atoms with Gasteiger partial charge in [0.1, 0.15) is 5.75 Å². The lowest BCUT2D eigenvalue weighted by Gasteiger charge is -2.08. The Morgan fingerprint density at radius 2 is 2.12 bits per heavy atom. The fraction of sp³-hybridized carbons (Fsp3) is 0.357. The van der Waals surface area contributed by atoms with Gasteiger partial charge in [0.25, 0.3) is 0 Å². The summed E-state index contributed by atoms with van der Waals surface area (Å²) in [5.74, 6) is -0.169. The number of hydrogen-bond acceptors (Lipinski definition) is 2. The molecule has 2 N–H and O–H groups in total. The van der Waals surface area contributed by atoms with Crippen LogP contribution in [0.4, 0.5) is 0 Å². The van der Waals surface area contributed by atoms with E-state index in [9.17, 15) is 9.90 Å². The number of hydrogen-bond donors (Lipinski definition) is 2. The van der Waals surface area contributed by atoms with E-state index in [2.05, 4.69) is 13.8 Å². The first-order valence-electron chi connectivity index (χ1n) is 5.72. The number of carbonyl (C=O) groups is 1. The Labute approximate surface area is 101 Å². The molecular formula is C14H18O3. The molecule has 0 fully saturated rings. The normalized spacial score (nSPS) is 11.2. The van der Waals surface area contributed by atoms with Gasteiger partial charge in [-0.3, -0.25) is 0 Å². The number of aliphatic carboxylic acids is 1. The summed E-state index contributed by atoms with van der Waals surface area (Å²) in [4.78, 5) is 10.5. The maximum atomic E-state index is 10.5. The third-order valence-electron chi connectivity index (χ3n) is 2.52. The molecule has 0 saturated heterocycles. The summed E-state index contributed by atoms with van der Waals surface area (Å²) in [5, 5.41) is 18.0. The number of benzene rings is 1. The van der Waals surface area contributed by atoms with Crippen molar-refractivity contribution in [1.82, 2.24) is 0 Å². The highest BCUT2D eigenvalue weighted by Crippen LogP contribution is 2.20. The molecule has 17 heavy (non-hydrogen) atoms. The monoisotopic (exact) mass is 234 g/mol. The van der Waals surface area contributed by atoms with Gasteiger partial charge in [-0.1, -0.05) is 19.9 Å². The van der Waals surface area contributed by atoms with Crippen molar-refractivity contribution >= 4 is 12.0 Å². The van der Waals surface area contributed by atoms with Gasteiger partial charge in [-0.2, -0.15) is 0 Å². The molecule has 0 radical (unpaired) electrons. The third kappa shape index (κ3) is 4.72. The minimum Gasteiger partial charge on any atom is -0.508 e. The van der Waals surface area contributed by atoms with E-state index < -0.39 is 5.97 Å². The molecule has 0 aliphatic rings. The molecule has 1 rings (SSSR count). The Kier molecular flexibility index (Phi) is 4.76. The standard InChI is InChI=1S/C14H18O3/c1-10(2)3-4-12-9-13(15)7-5-11(12)6-8-14(16)17/h5-10,15H,3-4H2,1-2H3,(H,16,17)/b8-6+. The number of carboxylic acids is 1. The zero-order valence-corrected chi connectivity index (χ0v) is 10.2. The van der Waals surface area contributed by atoms with Crippen molar-refractivity contribution in [2.24, 2.45) is 5.92 Å². The minimum atomic E-state index is -0.965. The second-order valence-electron chi connectivity index (χ2n) is 4.49. The SMILES string of the molecule is CC(C)CCc1cc(O)ccc1/C=C/C(=O)O. The number of aromatic hydroxyl groups is 1. The molecule has 0 heterocycles. The number of phenols is 1. The summed E-state index contributed by atoms with van der Waals surface area (Å²) in [6.45, 7) is 4.27. The average molecular weight is 234 g/mol. The van der Waals surface area contributed by atoms with Crippen LogP contribution in [0.2, 0.25) is 0 Å². The van der Waals surface area contributed by atoms with Crippen molar-refractivity contribution in [3.63, 3.8) is 0 Å². The van der Waals surface area contributed by atoms with E-state index in [0.29, 0.717) is 5.92 Å². The van der Waals surface area contributed by atoms with Crippen molar-refractivity contribution in [3.05, 3.63) is 35.4 Å². The first-order valence-corrected chi connectivity index (χ1v) is 5.72. The van der Waals surface area contributed by atoms with E-state index >= 15 is 0 Å². The molecule has 0 saturated carbocycles. The molecule has 92 valence electrons. The molecule has 0 bridgehead atoms. The van der Waals surface area contributed by atoms with Crippen LogP contribution in [0, 0.1) is 5.92 Å². The van der Waals surface area contributed by atoms with Gasteiger partial charge in [0, 0.05) is 6.08 Å². The molecule has 3 heteroatoms. The fourth-order valence-electron chi connectivity index (χ4n) is 1.58. The molecule has 3 nitrogen and oxygen atoms in total. The van der Waals surface area contributed by atoms with Gasteiger partial charge in [0.2, 0.25) is 0 Å². The topological polar surface area (TPSA) is 57.5 Å². The Balaban J connectivity index is 2.91. The van der Waals surface area contributed by atoms with E-state index in [4.69, 9.17) is 5.11 Å². The average Bonchev–Trinajstić information content (AvgIpc) is 2.24. The highest BCUT2D eigenvalue weighted by Gasteiger charge is 2.03. The predicted molar refractivity (Wildman–Crippen MR) is 67.9 cm³/mol. The van der Waals surface area contributed by atoms with E-state index in [1.54, 1.807) is 24.3 Å². The van der Waals surface area contributed by atoms with Crippen molar-refractivity contribution in [1.29, 1.82) is 0 Å². The molecule has 0 spiro atoms. The lowest BCUT2D eigenvalue weighted by atomic mass is 9.98. The molecular weight excluding hydrogens is 216 g/mol. The van der Waals surface area contributed by atoms with Crippen LogP contribution in [0.5, 0.6) is 5.75 Å². The number of aryl methyl sites for hydroxylation is 1. The van der Waals surface area contributed by atoms with Crippen molar-refractivity contribution in [2.45, 2.75) is 26.7 Å². The largest absolute Gasteiger partial charge is 0.508 e. The second-order valence-corrected chi connectivity index (χ2v) is 4.49. The van der Waals surface area contributed by atoms with Crippen molar-refractivity contribution < 1.29 is 15.0 Å². The van der Waals surface area contributed by atoms with Gasteiger partial charge < -0.3 is 10.2 Å². The molecule has 0 unspecified atom stereocenters. The summed E-state index contributed by atoms with van der Waals surface area (Å²) in [7, 11) is 0. The van der Waals surface area contributed by atoms with Crippen LogP contribution < -0.4 is 0 Å². The van der Waals surface area contributed by atoms with Crippen molar-refractivity contribution in [3.8, 4) is 5.75 Å². The summed E-state index contributed by atoms with van der Waals surface area (Å²) >= 11 is 0. The van der Waals surface area contributed by atoms with E-state index in [1.165, 1.54) is 0 Å². The van der Waals surface area contributed by atoms with Crippen LogP contribution in [-0.2, 0) is 11.2 Å². The van der Waals surface area contributed by atoms with E-state index in [-0.39, 0.29) is 5.75 Å². The summed E-state index contributed by atoms with van der Waals surface area (Å²) in [5.41, 5.74) is 1.84. The van der Waals surface area contributed by atoms with E-state index in [0.717, 1.165) is 30.0 Å². The molecule has 0 aliphatic carbocycles. The molecule has 0 aromatic heterocycles. The highest BCUT2D eigenvalue weighted by atomic mass is 16.4. The summed E-state index contributed by atoms with van der Waals surface area (Å²) in [6.07, 6.45) is 4.53. The van der Waals surface area contributed by atoms with Crippen LogP contribution >= 0.6 is 0 Å². The van der Waals surface area contributed by atoms with Crippen LogP contribution in [0.1, 0.15) is 31.4 Å². The zero-order chi connectivity index (χ0) is 12.8. The Hall–Kier alpha value is -1.77. The van der Waals surface area contributed by atoms with Crippen LogP contribution in [0.15, 0.2) is 24.3 Å². The maximum Gasteiger partial charge on any atom is 0.328 e. The third-order valence-corrected chi connectivity index (χ3v) is 2.52. The van der Waals surface area contributed by atoms with Crippen LogP contribution in [0.3, 0.4) is 0 Å². The maximum absolute atomic E-state index is 10.5. The van der Waals surface area contributed by atoms with Crippen molar-refractivity contribution in [2.75, 3.05) is 0 Å². The molecule has 1 aromatic rings. The second kappa shape index (κ2) is 6.09. The Morgan fingerprint density at radius 3 is 2.71 bits per heavy atom. The number of carboxylic acid groups (broad SMARTS) is 1. The predicted octanol–water partition coefficient (Wildman–Crippen LogP) is 3.08. The lowest BCUT2D eigenvalue weighted by Crippen LogP contribution is -1.95. The smallest absolute Gasteiger partial charge is 0.328 e. The van der Waals surface area contributed by atoms with Gasteiger partial charge in [-0.05, 0) is 48.1 Å². The van der Waals surface area contributed by atoms with Gasteiger partial charge in [-0.25, -0.2) is 4.79 Å². The molecule has 0 atom stereocenters. The number of rotatable bonds is 5. The van der Waals surface area contributed by atoms with Gasteiger partial charge in [-0.15, -0.1) is 0 Å². The van der Waals surface area contributed by atoms with Crippen LogP contribution in [0.25, 0.3) is 6.08 Å². The molecule has 0 aliphatic heterocycles. The summed E-state index contributed by atoms with van der Waals surface area (Å²) < 4.78 is 0. The highest BCUT2D eigenvalue weighted by molar-refractivity contribution is 5.85. The summed E-state index contributed by atoms with van der Waals surface area (Å²) in [6, 6.07) is 5.01. The van der Waals surface area contributed by atoms with Gasteiger partial charge in [0.05, 0.1) is 0 Å². The Bertz CT molecular complexity index is 419. The van der Waals surface area contributed by atoms with E-state index in [1.807, 2.05) is 0 Å². The minimum absolute atomic E-state index is 0.219. The van der Waals surface area contributed by atoms with Crippen LogP contribution in [-0.4, -0.2) is 16.2 Å². The Morgan fingerprint density at radius 1 is 1.41 bits per heavy atom. The fourth-order valence-corrected chi connectivity index (χ4v) is 1.58. The lowest BCUT2D eigenvalue weighted by molar-refractivity contribution is -0.131. The zero-order valence-electron chi connectivity index (χ0n) is 10.2. The van der Waals surface area contributed by atoms with Gasteiger partial charge in [0.15, 0.2) is 0 Å². The molecule has 0 amide bonds. The first-order chi connectivity index (χ1) is 7.99.